The van der Waals surface area contributed by atoms with Gasteiger partial charge in [-0.1, -0.05) is 12.1 Å². The predicted molar refractivity (Wildman–Crippen MR) is 82.4 cm³/mol. The lowest BCUT2D eigenvalue weighted by molar-refractivity contribution is 0.0954. The molecule has 0 saturated carbocycles. The van der Waals surface area contributed by atoms with Crippen LogP contribution in [-0.2, 0) is 0 Å². The van der Waals surface area contributed by atoms with E-state index in [4.69, 9.17) is 4.74 Å². The van der Waals surface area contributed by atoms with E-state index in [1.807, 2.05) is 19.1 Å². The summed E-state index contributed by atoms with van der Waals surface area (Å²) in [5.74, 6) is -0.277. The Labute approximate surface area is 127 Å². The van der Waals surface area contributed by atoms with Crippen LogP contribution in [-0.4, -0.2) is 28.9 Å². The summed E-state index contributed by atoms with van der Waals surface area (Å²) < 4.78 is 5.44. The standard InChI is InChI=1S/C16H16N2O4/c1-2-22-15-6-4-3-5-11(15)10-17-18-16(21)12-7-13(19)9-14(20)8-12/h3-10,19-20H,2H2,1H3,(H,18,21)/b17-10+. The molecule has 0 atom stereocenters. The molecule has 0 bridgehead atoms. The second-order valence-electron chi connectivity index (χ2n) is 4.41. The van der Waals surface area contributed by atoms with Crippen LogP contribution in [0, 0.1) is 0 Å². The van der Waals surface area contributed by atoms with Crippen molar-refractivity contribution in [3.63, 3.8) is 0 Å². The Morgan fingerprint density at radius 3 is 2.59 bits per heavy atom. The number of aromatic hydroxyl groups is 2. The lowest BCUT2D eigenvalue weighted by atomic mass is 10.2. The lowest BCUT2D eigenvalue weighted by Crippen LogP contribution is -2.17. The monoisotopic (exact) mass is 300 g/mol. The molecule has 0 aromatic heterocycles. The normalized spacial score (nSPS) is 10.6. The minimum absolute atomic E-state index is 0.104. The number of phenolic OH excluding ortho intramolecular Hbond substituents is 2. The number of phenols is 2. The molecule has 0 heterocycles. The van der Waals surface area contributed by atoms with Gasteiger partial charge in [0.2, 0.25) is 0 Å². The highest BCUT2D eigenvalue weighted by Crippen LogP contribution is 2.20. The molecule has 1 amide bonds. The van der Waals surface area contributed by atoms with Crippen LogP contribution >= 0.6 is 0 Å². The van der Waals surface area contributed by atoms with Crippen LogP contribution in [0.25, 0.3) is 0 Å². The number of carbonyl (C=O) groups is 1. The summed E-state index contributed by atoms with van der Waals surface area (Å²) in [6, 6.07) is 10.9. The van der Waals surface area contributed by atoms with E-state index in [-0.39, 0.29) is 17.1 Å². The van der Waals surface area contributed by atoms with Crippen molar-refractivity contribution in [1.82, 2.24) is 5.43 Å². The summed E-state index contributed by atoms with van der Waals surface area (Å²) in [7, 11) is 0. The molecule has 0 spiro atoms. The molecule has 0 aliphatic heterocycles. The first-order valence-corrected chi connectivity index (χ1v) is 6.68. The van der Waals surface area contributed by atoms with E-state index >= 15 is 0 Å². The number of nitrogens with zero attached hydrogens (tertiary/aromatic N) is 1. The zero-order chi connectivity index (χ0) is 15.9. The number of hydrogen-bond donors (Lipinski definition) is 3. The maximum absolute atomic E-state index is 11.9. The topological polar surface area (TPSA) is 91.2 Å². The molecule has 6 heteroatoms. The van der Waals surface area contributed by atoms with Crippen LogP contribution in [0.5, 0.6) is 17.2 Å². The van der Waals surface area contributed by atoms with Gasteiger partial charge in [0.15, 0.2) is 0 Å². The van der Waals surface area contributed by atoms with Gasteiger partial charge < -0.3 is 14.9 Å². The van der Waals surface area contributed by atoms with E-state index in [2.05, 4.69) is 10.5 Å². The fourth-order valence-electron chi connectivity index (χ4n) is 1.83. The smallest absolute Gasteiger partial charge is 0.271 e. The lowest BCUT2D eigenvalue weighted by Gasteiger charge is -2.06. The molecule has 0 unspecified atom stereocenters. The van der Waals surface area contributed by atoms with Gasteiger partial charge in [-0.05, 0) is 31.2 Å². The largest absolute Gasteiger partial charge is 0.508 e. The van der Waals surface area contributed by atoms with Gasteiger partial charge >= 0.3 is 0 Å². The Kier molecular flexibility index (Phi) is 4.98. The van der Waals surface area contributed by atoms with Gasteiger partial charge in [0, 0.05) is 17.2 Å². The van der Waals surface area contributed by atoms with Crippen molar-refractivity contribution in [2.75, 3.05) is 6.61 Å². The molecule has 0 radical (unpaired) electrons. The van der Waals surface area contributed by atoms with E-state index in [1.165, 1.54) is 18.3 Å². The van der Waals surface area contributed by atoms with Gasteiger partial charge in [0.25, 0.3) is 5.91 Å². The van der Waals surface area contributed by atoms with Crippen LogP contribution in [0.4, 0.5) is 0 Å². The molecular formula is C16H16N2O4. The SMILES string of the molecule is CCOc1ccccc1/C=N/NC(=O)c1cc(O)cc(O)c1. The molecule has 6 nitrogen and oxygen atoms in total. The van der Waals surface area contributed by atoms with Crippen molar-refractivity contribution in [3.8, 4) is 17.2 Å². The quantitative estimate of drug-likeness (QED) is 0.583. The zero-order valence-corrected chi connectivity index (χ0v) is 12.0. The summed E-state index contributed by atoms with van der Waals surface area (Å²) in [6.45, 7) is 2.41. The van der Waals surface area contributed by atoms with E-state index in [0.717, 1.165) is 11.6 Å². The fraction of sp³-hybridized carbons (Fsp3) is 0.125. The molecule has 0 saturated heterocycles. The van der Waals surface area contributed by atoms with Gasteiger partial charge in [0.1, 0.15) is 17.2 Å². The van der Waals surface area contributed by atoms with Crippen molar-refractivity contribution in [2.24, 2.45) is 5.10 Å². The molecule has 0 aliphatic rings. The van der Waals surface area contributed by atoms with Crippen molar-refractivity contribution in [3.05, 3.63) is 53.6 Å². The molecule has 2 aromatic rings. The number of para-hydroxylation sites is 1. The average Bonchev–Trinajstić information content (AvgIpc) is 2.48. The second kappa shape index (κ2) is 7.12. The second-order valence-corrected chi connectivity index (χ2v) is 4.41. The van der Waals surface area contributed by atoms with Crippen LogP contribution in [0.3, 0.4) is 0 Å². The molecule has 2 aromatic carbocycles. The zero-order valence-electron chi connectivity index (χ0n) is 12.0. The number of hydrogen-bond acceptors (Lipinski definition) is 5. The fourth-order valence-corrected chi connectivity index (χ4v) is 1.83. The van der Waals surface area contributed by atoms with Gasteiger partial charge in [0.05, 0.1) is 12.8 Å². The minimum atomic E-state index is -0.545. The van der Waals surface area contributed by atoms with Gasteiger partial charge in [-0.2, -0.15) is 5.10 Å². The molecule has 2 rings (SSSR count). The van der Waals surface area contributed by atoms with Crippen molar-refractivity contribution in [2.45, 2.75) is 6.92 Å². The number of ether oxygens (including phenoxy) is 1. The summed E-state index contributed by atoms with van der Waals surface area (Å²) in [4.78, 5) is 11.9. The van der Waals surface area contributed by atoms with E-state index < -0.39 is 5.91 Å². The van der Waals surface area contributed by atoms with Gasteiger partial charge in [-0.15, -0.1) is 0 Å². The highest BCUT2D eigenvalue weighted by atomic mass is 16.5. The maximum Gasteiger partial charge on any atom is 0.271 e. The first-order chi connectivity index (χ1) is 10.6. The molecule has 0 aliphatic carbocycles. The molecule has 114 valence electrons. The van der Waals surface area contributed by atoms with Crippen LogP contribution in [0.15, 0.2) is 47.6 Å². The van der Waals surface area contributed by atoms with Crippen molar-refractivity contribution < 1.29 is 19.7 Å². The minimum Gasteiger partial charge on any atom is -0.508 e. The number of hydrazone groups is 1. The summed E-state index contributed by atoms with van der Waals surface area (Å²) in [6.07, 6.45) is 1.46. The predicted octanol–water partition coefficient (Wildman–Crippen LogP) is 2.26. The van der Waals surface area contributed by atoms with Crippen LogP contribution in [0.1, 0.15) is 22.8 Å². The Bertz CT molecular complexity index is 678. The summed E-state index contributed by atoms with van der Waals surface area (Å²) in [5.41, 5.74) is 3.15. The Morgan fingerprint density at radius 1 is 1.23 bits per heavy atom. The van der Waals surface area contributed by atoms with E-state index in [0.29, 0.717) is 12.4 Å². The maximum atomic E-state index is 11.9. The number of nitrogens with one attached hydrogen (secondary N) is 1. The summed E-state index contributed by atoms with van der Waals surface area (Å²) >= 11 is 0. The third-order valence-electron chi connectivity index (χ3n) is 2.75. The first-order valence-electron chi connectivity index (χ1n) is 6.68. The number of benzene rings is 2. The third kappa shape index (κ3) is 3.99. The Hall–Kier alpha value is -3.02. The summed E-state index contributed by atoms with van der Waals surface area (Å²) in [5, 5.41) is 22.5. The van der Waals surface area contributed by atoms with Crippen molar-refractivity contribution >= 4 is 12.1 Å². The number of carbonyl (C=O) groups excluding carboxylic acids is 1. The van der Waals surface area contributed by atoms with Crippen molar-refractivity contribution in [1.29, 1.82) is 0 Å². The highest BCUT2D eigenvalue weighted by Gasteiger charge is 2.07. The third-order valence-corrected chi connectivity index (χ3v) is 2.75. The Balaban J connectivity index is 2.07. The van der Waals surface area contributed by atoms with Gasteiger partial charge in [-0.25, -0.2) is 5.43 Å². The van der Waals surface area contributed by atoms with Crippen LogP contribution in [0.2, 0.25) is 0 Å². The first kappa shape index (κ1) is 15.4. The number of rotatable bonds is 5. The van der Waals surface area contributed by atoms with Crippen LogP contribution < -0.4 is 10.2 Å². The molecular weight excluding hydrogens is 284 g/mol. The Morgan fingerprint density at radius 2 is 1.91 bits per heavy atom. The van der Waals surface area contributed by atoms with Gasteiger partial charge in [-0.3, -0.25) is 4.79 Å². The highest BCUT2D eigenvalue weighted by molar-refractivity contribution is 5.95. The number of amides is 1. The van der Waals surface area contributed by atoms with E-state index in [1.54, 1.807) is 12.1 Å². The molecule has 3 N–H and O–H groups in total. The average molecular weight is 300 g/mol. The van der Waals surface area contributed by atoms with E-state index in [9.17, 15) is 15.0 Å². The molecule has 22 heavy (non-hydrogen) atoms. The molecule has 0 fully saturated rings.